The fourth-order valence-corrected chi connectivity index (χ4v) is 3.53. The van der Waals surface area contributed by atoms with Gasteiger partial charge in [0.05, 0.1) is 0 Å². The predicted molar refractivity (Wildman–Crippen MR) is 103 cm³/mol. The van der Waals surface area contributed by atoms with E-state index >= 15 is 0 Å². The van der Waals surface area contributed by atoms with E-state index in [-0.39, 0.29) is 11.8 Å². The minimum Gasteiger partial charge on any atom is -0.465 e. The average molecular weight is 417 g/mol. The molecule has 1 fully saturated rings. The van der Waals surface area contributed by atoms with Gasteiger partial charge in [-0.25, -0.2) is 4.79 Å². The Bertz CT molecular complexity index is 764. The Labute approximate surface area is 161 Å². The standard InChI is InChI=1S/C20H21BrN2O3/c21-18-8-6-17(7-9-18)19(24)23(12-15-4-2-1-3-5-15)14-16-10-11-22(13-16)20(25)26/h1-9,16H,10-14H2,(H,25,26)/t16-/m1/s1. The molecule has 5 nitrogen and oxygen atoms in total. The predicted octanol–water partition coefficient (Wildman–Crippen LogP) is 4.09. The second kappa shape index (κ2) is 8.36. The third kappa shape index (κ3) is 4.64. The lowest BCUT2D eigenvalue weighted by Crippen LogP contribution is -2.36. The van der Waals surface area contributed by atoms with Crippen LogP contribution >= 0.6 is 15.9 Å². The van der Waals surface area contributed by atoms with Gasteiger partial charge in [-0.05, 0) is 42.2 Å². The molecule has 1 atom stereocenters. The second-order valence-electron chi connectivity index (χ2n) is 6.56. The highest BCUT2D eigenvalue weighted by molar-refractivity contribution is 9.10. The normalized spacial score (nSPS) is 16.5. The molecule has 2 aromatic carbocycles. The molecule has 2 amide bonds. The van der Waals surface area contributed by atoms with Crippen LogP contribution in [0.15, 0.2) is 59.1 Å². The largest absolute Gasteiger partial charge is 0.465 e. The Morgan fingerprint density at radius 2 is 1.81 bits per heavy atom. The Morgan fingerprint density at radius 1 is 1.12 bits per heavy atom. The third-order valence-electron chi connectivity index (χ3n) is 4.63. The van der Waals surface area contributed by atoms with Gasteiger partial charge in [0.15, 0.2) is 0 Å². The summed E-state index contributed by atoms with van der Waals surface area (Å²) in [6.07, 6.45) is -0.105. The Kier molecular flexibility index (Phi) is 5.93. The van der Waals surface area contributed by atoms with Gasteiger partial charge >= 0.3 is 6.09 Å². The zero-order chi connectivity index (χ0) is 18.5. The van der Waals surface area contributed by atoms with Gasteiger partial charge in [0, 0.05) is 36.2 Å². The average Bonchev–Trinajstić information content (AvgIpc) is 3.11. The Morgan fingerprint density at radius 3 is 2.42 bits per heavy atom. The van der Waals surface area contributed by atoms with E-state index in [1.165, 1.54) is 4.90 Å². The van der Waals surface area contributed by atoms with Gasteiger partial charge in [-0.15, -0.1) is 0 Å². The van der Waals surface area contributed by atoms with Crippen molar-refractivity contribution in [3.63, 3.8) is 0 Å². The van der Waals surface area contributed by atoms with Crippen LogP contribution in [0.25, 0.3) is 0 Å². The maximum atomic E-state index is 13.0. The molecule has 26 heavy (non-hydrogen) atoms. The maximum absolute atomic E-state index is 13.0. The SMILES string of the molecule is O=C(O)N1CC[C@@H](CN(Cc2ccccc2)C(=O)c2ccc(Br)cc2)C1. The van der Waals surface area contributed by atoms with Crippen molar-refractivity contribution in [3.8, 4) is 0 Å². The van der Waals surface area contributed by atoms with Gasteiger partial charge < -0.3 is 14.9 Å². The zero-order valence-corrected chi connectivity index (χ0v) is 15.9. The van der Waals surface area contributed by atoms with E-state index in [0.717, 1.165) is 16.5 Å². The Balaban J connectivity index is 1.76. The fraction of sp³-hybridized carbons (Fsp3) is 0.300. The molecule has 0 radical (unpaired) electrons. The first-order valence-corrected chi connectivity index (χ1v) is 9.39. The van der Waals surface area contributed by atoms with Gasteiger partial charge in [-0.1, -0.05) is 46.3 Å². The van der Waals surface area contributed by atoms with Crippen LogP contribution in [-0.4, -0.2) is 46.5 Å². The van der Waals surface area contributed by atoms with Crippen LogP contribution in [0.3, 0.4) is 0 Å². The van der Waals surface area contributed by atoms with E-state index in [4.69, 9.17) is 5.11 Å². The monoisotopic (exact) mass is 416 g/mol. The van der Waals surface area contributed by atoms with Crippen LogP contribution < -0.4 is 0 Å². The van der Waals surface area contributed by atoms with E-state index in [1.54, 1.807) is 0 Å². The summed E-state index contributed by atoms with van der Waals surface area (Å²) in [7, 11) is 0. The van der Waals surface area contributed by atoms with Crippen molar-refractivity contribution < 1.29 is 14.7 Å². The summed E-state index contributed by atoms with van der Waals surface area (Å²) in [4.78, 5) is 27.5. The first-order chi connectivity index (χ1) is 12.5. The molecular weight excluding hydrogens is 396 g/mol. The van der Waals surface area contributed by atoms with Crippen molar-refractivity contribution in [2.75, 3.05) is 19.6 Å². The summed E-state index contributed by atoms with van der Waals surface area (Å²) in [5.74, 6) is 0.129. The number of carboxylic acid groups (broad SMARTS) is 1. The number of likely N-dealkylation sites (tertiary alicyclic amines) is 1. The van der Waals surface area contributed by atoms with E-state index in [9.17, 15) is 9.59 Å². The summed E-state index contributed by atoms with van der Waals surface area (Å²) < 4.78 is 0.927. The first kappa shape index (κ1) is 18.5. The van der Waals surface area contributed by atoms with Gasteiger partial charge in [0.1, 0.15) is 0 Å². The molecule has 0 aromatic heterocycles. The van der Waals surface area contributed by atoms with Gasteiger partial charge in [-0.3, -0.25) is 4.79 Å². The third-order valence-corrected chi connectivity index (χ3v) is 5.16. The highest BCUT2D eigenvalue weighted by Crippen LogP contribution is 2.21. The summed E-state index contributed by atoms with van der Waals surface area (Å²) in [5, 5.41) is 9.15. The first-order valence-electron chi connectivity index (χ1n) is 8.59. The molecule has 2 aromatic rings. The lowest BCUT2D eigenvalue weighted by atomic mass is 10.1. The van der Waals surface area contributed by atoms with Crippen LogP contribution in [0.1, 0.15) is 22.3 Å². The lowest BCUT2D eigenvalue weighted by Gasteiger charge is -2.26. The van der Waals surface area contributed by atoms with Gasteiger partial charge in [0.25, 0.3) is 5.91 Å². The van der Waals surface area contributed by atoms with Crippen LogP contribution in [0, 0.1) is 5.92 Å². The van der Waals surface area contributed by atoms with Gasteiger partial charge in [-0.2, -0.15) is 0 Å². The molecule has 0 bridgehead atoms. The molecule has 1 aliphatic rings. The van der Waals surface area contributed by atoms with Crippen LogP contribution in [0.2, 0.25) is 0 Å². The Hall–Kier alpha value is -2.34. The number of amides is 2. The molecule has 1 heterocycles. The molecule has 0 spiro atoms. The number of carbonyl (C=O) groups is 2. The zero-order valence-electron chi connectivity index (χ0n) is 14.3. The fourth-order valence-electron chi connectivity index (χ4n) is 3.27. The molecule has 3 rings (SSSR count). The van der Waals surface area contributed by atoms with Crippen LogP contribution in [-0.2, 0) is 6.54 Å². The van der Waals surface area contributed by atoms with Crippen molar-refractivity contribution >= 4 is 27.9 Å². The lowest BCUT2D eigenvalue weighted by molar-refractivity contribution is 0.0715. The number of halogens is 1. The van der Waals surface area contributed by atoms with Crippen molar-refractivity contribution in [1.82, 2.24) is 9.80 Å². The minimum atomic E-state index is -0.888. The summed E-state index contributed by atoms with van der Waals surface area (Å²) >= 11 is 3.39. The van der Waals surface area contributed by atoms with Crippen molar-refractivity contribution in [1.29, 1.82) is 0 Å². The summed E-state index contributed by atoms with van der Waals surface area (Å²) in [6.45, 7) is 2.08. The molecule has 0 aliphatic carbocycles. The molecular formula is C20H21BrN2O3. The number of hydrogen-bond acceptors (Lipinski definition) is 2. The second-order valence-corrected chi connectivity index (χ2v) is 7.48. The van der Waals surface area contributed by atoms with E-state index in [1.807, 2.05) is 59.5 Å². The van der Waals surface area contributed by atoms with Crippen molar-refractivity contribution in [3.05, 3.63) is 70.2 Å². The molecule has 1 saturated heterocycles. The number of nitrogens with zero attached hydrogens (tertiary/aromatic N) is 2. The smallest absolute Gasteiger partial charge is 0.407 e. The van der Waals surface area contributed by atoms with E-state index < -0.39 is 6.09 Å². The molecule has 0 unspecified atom stereocenters. The summed E-state index contributed by atoms with van der Waals surface area (Å²) in [5.41, 5.74) is 1.70. The van der Waals surface area contributed by atoms with Crippen LogP contribution in [0.4, 0.5) is 4.79 Å². The maximum Gasteiger partial charge on any atom is 0.407 e. The highest BCUT2D eigenvalue weighted by atomic mass is 79.9. The highest BCUT2D eigenvalue weighted by Gasteiger charge is 2.29. The molecule has 1 aliphatic heterocycles. The van der Waals surface area contributed by atoms with E-state index in [2.05, 4.69) is 15.9 Å². The number of hydrogen-bond donors (Lipinski definition) is 1. The molecule has 136 valence electrons. The van der Waals surface area contributed by atoms with Crippen LogP contribution in [0.5, 0.6) is 0 Å². The number of benzene rings is 2. The number of carbonyl (C=O) groups excluding carboxylic acids is 1. The number of rotatable bonds is 5. The van der Waals surface area contributed by atoms with E-state index in [0.29, 0.717) is 31.7 Å². The van der Waals surface area contributed by atoms with Crippen molar-refractivity contribution in [2.24, 2.45) is 5.92 Å². The summed E-state index contributed by atoms with van der Waals surface area (Å²) in [6, 6.07) is 17.2. The molecule has 1 N–H and O–H groups in total. The minimum absolute atomic E-state index is 0.0323. The van der Waals surface area contributed by atoms with Crippen molar-refractivity contribution in [2.45, 2.75) is 13.0 Å². The molecule has 0 saturated carbocycles. The molecule has 6 heteroatoms. The quantitative estimate of drug-likeness (QED) is 0.797. The van der Waals surface area contributed by atoms with Gasteiger partial charge in [0.2, 0.25) is 0 Å². The topological polar surface area (TPSA) is 60.9 Å².